The SMILES string of the molecule is CC(=O)Nc1nc(C)c(C(=O)c2ccccc2)o1. The van der Waals surface area contributed by atoms with E-state index >= 15 is 0 Å². The number of hydrogen-bond acceptors (Lipinski definition) is 4. The topological polar surface area (TPSA) is 72.2 Å². The highest BCUT2D eigenvalue weighted by molar-refractivity contribution is 6.08. The number of hydrogen-bond donors (Lipinski definition) is 1. The predicted molar refractivity (Wildman–Crippen MR) is 65.4 cm³/mol. The van der Waals surface area contributed by atoms with Gasteiger partial charge < -0.3 is 4.42 Å². The number of carbonyl (C=O) groups excluding carboxylic acids is 2. The van der Waals surface area contributed by atoms with Gasteiger partial charge in [-0.15, -0.1) is 0 Å². The molecular formula is C13H12N2O3. The Bertz CT molecular complexity index is 588. The fourth-order valence-corrected chi connectivity index (χ4v) is 1.53. The number of carbonyl (C=O) groups is 2. The number of oxazole rings is 1. The Morgan fingerprint density at radius 3 is 2.50 bits per heavy atom. The zero-order valence-electron chi connectivity index (χ0n) is 10.1. The van der Waals surface area contributed by atoms with Crippen molar-refractivity contribution in [2.75, 3.05) is 5.32 Å². The quantitative estimate of drug-likeness (QED) is 0.840. The molecule has 1 aromatic heterocycles. The zero-order chi connectivity index (χ0) is 13.1. The highest BCUT2D eigenvalue weighted by Crippen LogP contribution is 2.18. The third-order valence-corrected chi connectivity index (χ3v) is 2.32. The molecule has 1 amide bonds. The summed E-state index contributed by atoms with van der Waals surface area (Å²) < 4.78 is 5.25. The monoisotopic (exact) mass is 244 g/mol. The van der Waals surface area contributed by atoms with E-state index in [2.05, 4.69) is 10.3 Å². The average molecular weight is 244 g/mol. The Morgan fingerprint density at radius 2 is 1.89 bits per heavy atom. The van der Waals surface area contributed by atoms with Crippen molar-refractivity contribution in [2.24, 2.45) is 0 Å². The maximum absolute atomic E-state index is 12.1. The molecule has 5 heteroatoms. The second-order valence-electron chi connectivity index (χ2n) is 3.81. The van der Waals surface area contributed by atoms with Crippen LogP contribution in [-0.2, 0) is 4.79 Å². The minimum Gasteiger partial charge on any atom is -0.419 e. The summed E-state index contributed by atoms with van der Waals surface area (Å²) in [5.41, 5.74) is 0.971. The number of anilines is 1. The third kappa shape index (κ3) is 2.45. The van der Waals surface area contributed by atoms with Crippen LogP contribution in [0.15, 0.2) is 34.7 Å². The molecule has 2 aromatic rings. The summed E-state index contributed by atoms with van der Waals surface area (Å²) in [7, 11) is 0. The van der Waals surface area contributed by atoms with Crippen molar-refractivity contribution in [3.8, 4) is 0 Å². The second kappa shape index (κ2) is 4.83. The number of benzene rings is 1. The first-order valence-electron chi connectivity index (χ1n) is 5.42. The molecule has 0 aliphatic carbocycles. The lowest BCUT2D eigenvalue weighted by molar-refractivity contribution is -0.114. The lowest BCUT2D eigenvalue weighted by Gasteiger charge is -1.97. The van der Waals surface area contributed by atoms with Gasteiger partial charge in [-0.3, -0.25) is 14.9 Å². The highest BCUT2D eigenvalue weighted by Gasteiger charge is 2.19. The van der Waals surface area contributed by atoms with Gasteiger partial charge in [-0.2, -0.15) is 4.98 Å². The minimum absolute atomic E-state index is 0.0410. The zero-order valence-corrected chi connectivity index (χ0v) is 10.1. The molecule has 5 nitrogen and oxygen atoms in total. The van der Waals surface area contributed by atoms with E-state index in [0.29, 0.717) is 11.3 Å². The molecule has 0 fully saturated rings. The maximum Gasteiger partial charge on any atom is 0.302 e. The van der Waals surface area contributed by atoms with E-state index in [1.165, 1.54) is 6.92 Å². The van der Waals surface area contributed by atoms with Crippen LogP contribution < -0.4 is 5.32 Å². The van der Waals surface area contributed by atoms with E-state index in [9.17, 15) is 9.59 Å². The van der Waals surface area contributed by atoms with E-state index < -0.39 is 0 Å². The van der Waals surface area contributed by atoms with E-state index in [1.807, 2.05) is 6.07 Å². The molecule has 0 aliphatic rings. The van der Waals surface area contributed by atoms with E-state index in [0.717, 1.165) is 0 Å². The molecule has 0 unspecified atom stereocenters. The average Bonchev–Trinajstić information content (AvgIpc) is 2.69. The smallest absolute Gasteiger partial charge is 0.302 e. The van der Waals surface area contributed by atoms with Gasteiger partial charge >= 0.3 is 6.01 Å². The largest absolute Gasteiger partial charge is 0.419 e. The Morgan fingerprint density at radius 1 is 1.22 bits per heavy atom. The molecule has 92 valence electrons. The van der Waals surface area contributed by atoms with Gasteiger partial charge in [-0.05, 0) is 6.92 Å². The van der Waals surface area contributed by atoms with Crippen LogP contribution in [-0.4, -0.2) is 16.7 Å². The van der Waals surface area contributed by atoms with Crippen molar-refractivity contribution in [2.45, 2.75) is 13.8 Å². The Balaban J connectivity index is 2.31. The highest BCUT2D eigenvalue weighted by atomic mass is 16.4. The lowest BCUT2D eigenvalue weighted by Crippen LogP contribution is -2.05. The van der Waals surface area contributed by atoms with Crippen molar-refractivity contribution in [1.29, 1.82) is 0 Å². The van der Waals surface area contributed by atoms with Gasteiger partial charge in [0, 0.05) is 12.5 Å². The van der Waals surface area contributed by atoms with E-state index in [-0.39, 0.29) is 23.5 Å². The summed E-state index contributed by atoms with van der Waals surface area (Å²) in [5.74, 6) is -0.405. The molecule has 0 saturated carbocycles. The Kier molecular flexibility index (Phi) is 3.23. The van der Waals surface area contributed by atoms with Crippen LogP contribution in [0.2, 0.25) is 0 Å². The molecule has 1 N–H and O–H groups in total. The third-order valence-electron chi connectivity index (χ3n) is 2.32. The second-order valence-corrected chi connectivity index (χ2v) is 3.81. The summed E-state index contributed by atoms with van der Waals surface area (Å²) >= 11 is 0. The van der Waals surface area contributed by atoms with Gasteiger partial charge in [0.05, 0.1) is 5.69 Å². The van der Waals surface area contributed by atoms with Crippen LogP contribution >= 0.6 is 0 Å². The molecule has 0 spiro atoms. The Labute approximate surface area is 104 Å². The van der Waals surface area contributed by atoms with Gasteiger partial charge in [0.15, 0.2) is 5.76 Å². The number of amides is 1. The first kappa shape index (κ1) is 12.0. The van der Waals surface area contributed by atoms with Crippen LogP contribution in [0.25, 0.3) is 0 Å². The van der Waals surface area contributed by atoms with Crippen LogP contribution in [0.3, 0.4) is 0 Å². The van der Waals surface area contributed by atoms with Crippen molar-refractivity contribution in [3.63, 3.8) is 0 Å². The Hall–Kier alpha value is -2.43. The molecule has 0 atom stereocenters. The van der Waals surface area contributed by atoms with Crippen molar-refractivity contribution < 1.29 is 14.0 Å². The van der Waals surface area contributed by atoms with Crippen LogP contribution in [0.5, 0.6) is 0 Å². The van der Waals surface area contributed by atoms with Gasteiger partial charge in [0.1, 0.15) is 0 Å². The molecule has 0 bridgehead atoms. The molecule has 0 saturated heterocycles. The van der Waals surface area contributed by atoms with Crippen LogP contribution in [0.1, 0.15) is 28.7 Å². The van der Waals surface area contributed by atoms with E-state index in [1.54, 1.807) is 31.2 Å². The normalized spacial score (nSPS) is 10.1. The van der Waals surface area contributed by atoms with Gasteiger partial charge in [0.2, 0.25) is 11.7 Å². The number of rotatable bonds is 3. The molecule has 2 rings (SSSR count). The van der Waals surface area contributed by atoms with Gasteiger partial charge in [-0.1, -0.05) is 30.3 Å². The number of nitrogens with one attached hydrogen (secondary N) is 1. The lowest BCUT2D eigenvalue weighted by atomic mass is 10.1. The summed E-state index contributed by atoms with van der Waals surface area (Å²) in [4.78, 5) is 27.0. The minimum atomic E-state index is -0.296. The number of aromatic nitrogens is 1. The molecule has 1 heterocycles. The number of nitrogens with zero attached hydrogens (tertiary/aromatic N) is 1. The first-order chi connectivity index (χ1) is 8.58. The molecule has 1 aromatic carbocycles. The van der Waals surface area contributed by atoms with Crippen LogP contribution in [0, 0.1) is 6.92 Å². The van der Waals surface area contributed by atoms with Gasteiger partial charge in [0.25, 0.3) is 0 Å². The summed E-state index contributed by atoms with van der Waals surface area (Å²) in [6, 6.07) is 8.80. The number of aryl methyl sites for hydroxylation is 1. The first-order valence-corrected chi connectivity index (χ1v) is 5.42. The summed E-state index contributed by atoms with van der Waals surface area (Å²) in [5, 5.41) is 2.40. The molecular weight excluding hydrogens is 232 g/mol. The summed E-state index contributed by atoms with van der Waals surface area (Å²) in [6.45, 7) is 3.00. The predicted octanol–water partition coefficient (Wildman–Crippen LogP) is 2.17. The fourth-order valence-electron chi connectivity index (χ4n) is 1.53. The summed E-state index contributed by atoms with van der Waals surface area (Å²) in [6.07, 6.45) is 0. The maximum atomic E-state index is 12.1. The van der Waals surface area contributed by atoms with Crippen molar-refractivity contribution >= 4 is 17.7 Å². The molecule has 0 radical (unpaired) electrons. The standard InChI is InChI=1S/C13H12N2O3/c1-8-12(18-13(14-8)15-9(2)16)11(17)10-6-4-3-5-7-10/h3-7H,1-2H3,(H,14,15,16). The van der Waals surface area contributed by atoms with Crippen molar-refractivity contribution in [3.05, 3.63) is 47.3 Å². The van der Waals surface area contributed by atoms with Crippen LogP contribution in [0.4, 0.5) is 6.01 Å². The van der Waals surface area contributed by atoms with E-state index in [4.69, 9.17) is 4.42 Å². The van der Waals surface area contributed by atoms with Gasteiger partial charge in [-0.25, -0.2) is 0 Å². The molecule has 18 heavy (non-hydrogen) atoms. The van der Waals surface area contributed by atoms with Crippen molar-refractivity contribution in [1.82, 2.24) is 4.98 Å². The fraction of sp³-hybridized carbons (Fsp3) is 0.154. The molecule has 0 aliphatic heterocycles. The number of ketones is 1.